The van der Waals surface area contributed by atoms with Crippen molar-refractivity contribution in [3.8, 4) is 0 Å². The van der Waals surface area contributed by atoms with Crippen LogP contribution in [0.4, 0.5) is 11.4 Å². The first-order valence-electron chi connectivity index (χ1n) is 7.25. The standard InChI is InChI=1S/C16H15N3O4/c1-3-10-7-11-14(17-8-10)16(21)18(15(11)20)12-5-4-9(2)6-13(12)19(22)23/h4-6,8,17H,3,7H2,1-2H3. The molecule has 1 aromatic rings. The summed E-state index contributed by atoms with van der Waals surface area (Å²) in [6.07, 6.45) is 2.87. The van der Waals surface area contributed by atoms with Gasteiger partial charge in [0.25, 0.3) is 17.5 Å². The summed E-state index contributed by atoms with van der Waals surface area (Å²) in [6.45, 7) is 3.68. The number of dihydropyridines is 1. The van der Waals surface area contributed by atoms with Crippen molar-refractivity contribution in [3.63, 3.8) is 0 Å². The minimum Gasteiger partial charge on any atom is -0.357 e. The third kappa shape index (κ3) is 2.30. The molecule has 2 aliphatic heterocycles. The molecule has 0 aromatic heterocycles. The van der Waals surface area contributed by atoms with Gasteiger partial charge < -0.3 is 5.32 Å². The molecule has 7 heteroatoms. The van der Waals surface area contributed by atoms with E-state index in [1.54, 1.807) is 19.2 Å². The lowest BCUT2D eigenvalue weighted by molar-refractivity contribution is -0.384. The average Bonchev–Trinajstić information content (AvgIpc) is 2.78. The third-order valence-corrected chi connectivity index (χ3v) is 4.03. The highest BCUT2D eigenvalue weighted by Gasteiger charge is 2.42. The summed E-state index contributed by atoms with van der Waals surface area (Å²) in [6, 6.07) is 4.44. The van der Waals surface area contributed by atoms with Crippen LogP contribution in [0, 0.1) is 17.0 Å². The molecule has 0 fully saturated rings. The van der Waals surface area contributed by atoms with Crippen LogP contribution in [0.5, 0.6) is 0 Å². The fourth-order valence-corrected chi connectivity index (χ4v) is 2.75. The summed E-state index contributed by atoms with van der Waals surface area (Å²) in [4.78, 5) is 36.8. The summed E-state index contributed by atoms with van der Waals surface area (Å²) < 4.78 is 0. The number of amides is 2. The highest BCUT2D eigenvalue weighted by atomic mass is 16.6. The van der Waals surface area contributed by atoms with Crippen LogP contribution in [0.15, 0.2) is 41.2 Å². The Hall–Kier alpha value is -2.96. The zero-order chi connectivity index (χ0) is 16.7. The fourth-order valence-electron chi connectivity index (χ4n) is 2.75. The quantitative estimate of drug-likeness (QED) is 0.525. The van der Waals surface area contributed by atoms with Crippen LogP contribution >= 0.6 is 0 Å². The van der Waals surface area contributed by atoms with Crippen molar-refractivity contribution in [2.24, 2.45) is 0 Å². The molecule has 7 nitrogen and oxygen atoms in total. The van der Waals surface area contributed by atoms with E-state index in [4.69, 9.17) is 0 Å². The number of aryl methyl sites for hydroxylation is 1. The van der Waals surface area contributed by atoms with E-state index in [0.717, 1.165) is 16.9 Å². The predicted molar refractivity (Wildman–Crippen MR) is 83.5 cm³/mol. The number of imide groups is 1. The lowest BCUT2D eigenvalue weighted by atomic mass is 10.0. The van der Waals surface area contributed by atoms with Gasteiger partial charge >= 0.3 is 0 Å². The van der Waals surface area contributed by atoms with E-state index >= 15 is 0 Å². The number of carbonyl (C=O) groups is 2. The number of rotatable bonds is 3. The van der Waals surface area contributed by atoms with Gasteiger partial charge in [-0.2, -0.15) is 0 Å². The van der Waals surface area contributed by atoms with Crippen LogP contribution in [0.1, 0.15) is 25.3 Å². The Bertz CT molecular complexity index is 808. The molecule has 0 spiro atoms. The summed E-state index contributed by atoms with van der Waals surface area (Å²) in [7, 11) is 0. The molecule has 2 heterocycles. The van der Waals surface area contributed by atoms with Crippen LogP contribution in [-0.4, -0.2) is 16.7 Å². The van der Waals surface area contributed by atoms with E-state index < -0.39 is 16.7 Å². The first-order valence-corrected chi connectivity index (χ1v) is 7.25. The number of allylic oxidation sites excluding steroid dienone is 1. The summed E-state index contributed by atoms with van der Waals surface area (Å²) in [5.74, 6) is -1.05. The molecule has 0 aliphatic carbocycles. The molecular weight excluding hydrogens is 298 g/mol. The smallest absolute Gasteiger partial charge is 0.293 e. The Balaban J connectivity index is 2.03. The minimum absolute atomic E-state index is 0.00449. The Morgan fingerprint density at radius 1 is 1.30 bits per heavy atom. The second-order valence-electron chi connectivity index (χ2n) is 5.53. The van der Waals surface area contributed by atoms with Crippen LogP contribution < -0.4 is 10.2 Å². The lowest BCUT2D eigenvalue weighted by Gasteiger charge is -2.15. The molecule has 1 aromatic carbocycles. The van der Waals surface area contributed by atoms with Crippen LogP contribution in [-0.2, 0) is 9.59 Å². The Kier molecular flexibility index (Phi) is 3.48. The SMILES string of the molecule is CCC1=CNC2=C(C1)C(=O)N(c1ccc(C)cc1[N+](=O)[O-])C2=O. The number of hydrogen-bond donors (Lipinski definition) is 1. The number of hydrogen-bond acceptors (Lipinski definition) is 5. The van der Waals surface area contributed by atoms with E-state index in [1.165, 1.54) is 12.1 Å². The molecule has 1 N–H and O–H groups in total. The maximum absolute atomic E-state index is 12.6. The second-order valence-corrected chi connectivity index (χ2v) is 5.53. The van der Waals surface area contributed by atoms with Gasteiger partial charge in [0.1, 0.15) is 11.4 Å². The molecule has 118 valence electrons. The Morgan fingerprint density at radius 2 is 2.04 bits per heavy atom. The number of carbonyl (C=O) groups excluding carboxylic acids is 2. The van der Waals surface area contributed by atoms with Gasteiger partial charge in [-0.15, -0.1) is 0 Å². The molecule has 0 radical (unpaired) electrons. The Labute approximate surface area is 132 Å². The molecule has 2 aliphatic rings. The number of nitrogens with zero attached hydrogens (tertiary/aromatic N) is 2. The zero-order valence-corrected chi connectivity index (χ0v) is 12.8. The number of nitro groups is 1. The van der Waals surface area contributed by atoms with Crippen molar-refractivity contribution in [2.75, 3.05) is 4.90 Å². The largest absolute Gasteiger partial charge is 0.357 e. The summed E-state index contributed by atoms with van der Waals surface area (Å²) >= 11 is 0. The first-order chi connectivity index (χ1) is 10.9. The van der Waals surface area contributed by atoms with Gasteiger partial charge in [0, 0.05) is 18.7 Å². The van der Waals surface area contributed by atoms with Crippen molar-refractivity contribution in [2.45, 2.75) is 26.7 Å². The first kappa shape index (κ1) is 15.0. The molecule has 3 rings (SSSR count). The van der Waals surface area contributed by atoms with Crippen molar-refractivity contribution in [1.29, 1.82) is 0 Å². The van der Waals surface area contributed by atoms with Crippen molar-refractivity contribution >= 4 is 23.2 Å². The summed E-state index contributed by atoms with van der Waals surface area (Å²) in [5, 5.41) is 14.1. The molecule has 2 amide bonds. The minimum atomic E-state index is -0.580. The monoisotopic (exact) mass is 313 g/mol. The summed E-state index contributed by atoms with van der Waals surface area (Å²) in [5.41, 5.74) is 2.02. The normalized spacial score (nSPS) is 17.1. The molecule has 0 atom stereocenters. The predicted octanol–water partition coefficient (Wildman–Crippen LogP) is 2.32. The number of anilines is 1. The van der Waals surface area contributed by atoms with Gasteiger partial charge in [-0.3, -0.25) is 19.7 Å². The van der Waals surface area contributed by atoms with Gasteiger partial charge in [0.2, 0.25) is 0 Å². The number of benzene rings is 1. The molecular formula is C16H15N3O4. The molecule has 0 bridgehead atoms. The van der Waals surface area contributed by atoms with Crippen LogP contribution in [0.25, 0.3) is 0 Å². The van der Waals surface area contributed by atoms with Crippen LogP contribution in [0.3, 0.4) is 0 Å². The topological polar surface area (TPSA) is 92.6 Å². The fraction of sp³-hybridized carbons (Fsp3) is 0.250. The molecule has 23 heavy (non-hydrogen) atoms. The highest BCUT2D eigenvalue weighted by Crippen LogP contribution is 2.36. The van der Waals surface area contributed by atoms with Gasteiger partial charge in [-0.1, -0.05) is 13.0 Å². The maximum Gasteiger partial charge on any atom is 0.293 e. The van der Waals surface area contributed by atoms with Crippen LogP contribution in [0.2, 0.25) is 0 Å². The second kappa shape index (κ2) is 5.35. The van der Waals surface area contributed by atoms with Crippen molar-refractivity contribution < 1.29 is 14.5 Å². The molecule has 0 saturated carbocycles. The van der Waals surface area contributed by atoms with E-state index in [2.05, 4.69) is 5.32 Å². The highest BCUT2D eigenvalue weighted by molar-refractivity contribution is 6.33. The van der Waals surface area contributed by atoms with Crippen molar-refractivity contribution in [1.82, 2.24) is 5.32 Å². The maximum atomic E-state index is 12.6. The number of nitrogens with one attached hydrogen (secondary N) is 1. The molecule has 0 unspecified atom stereocenters. The van der Waals surface area contributed by atoms with Crippen molar-refractivity contribution in [3.05, 3.63) is 56.9 Å². The van der Waals surface area contributed by atoms with E-state index in [9.17, 15) is 19.7 Å². The van der Waals surface area contributed by atoms with Gasteiger partial charge in [-0.25, -0.2) is 4.90 Å². The number of nitro benzene ring substituents is 1. The van der Waals surface area contributed by atoms with Gasteiger partial charge in [-0.05, 0) is 30.5 Å². The van der Waals surface area contributed by atoms with E-state index in [1.807, 2.05) is 6.92 Å². The van der Waals surface area contributed by atoms with Gasteiger partial charge in [0.15, 0.2) is 0 Å². The average molecular weight is 313 g/mol. The zero-order valence-electron chi connectivity index (χ0n) is 12.8. The van der Waals surface area contributed by atoms with E-state index in [-0.39, 0.29) is 17.1 Å². The lowest BCUT2D eigenvalue weighted by Crippen LogP contribution is -2.33. The Morgan fingerprint density at radius 3 is 2.70 bits per heavy atom. The molecule has 0 saturated heterocycles. The van der Waals surface area contributed by atoms with Gasteiger partial charge in [0.05, 0.1) is 10.5 Å². The van der Waals surface area contributed by atoms with E-state index in [0.29, 0.717) is 17.6 Å². The third-order valence-electron chi connectivity index (χ3n) is 4.03.